The van der Waals surface area contributed by atoms with E-state index in [1.54, 1.807) is 7.05 Å². The highest BCUT2D eigenvalue weighted by Crippen LogP contribution is 2.21. The second-order valence-corrected chi connectivity index (χ2v) is 6.48. The fraction of sp³-hybridized carbons (Fsp3) is 0.462. The molecule has 1 heterocycles. The molecule has 22 heavy (non-hydrogen) atoms. The van der Waals surface area contributed by atoms with Gasteiger partial charge in [0, 0.05) is 12.6 Å². The van der Waals surface area contributed by atoms with Crippen LogP contribution in [0.1, 0.15) is 24.4 Å². The topological polar surface area (TPSA) is 81.0 Å². The number of halogens is 1. The maximum Gasteiger partial charge on any atom is 0.303 e. The second kappa shape index (κ2) is 6.93. The Morgan fingerprint density at radius 2 is 2.00 bits per heavy atom. The van der Waals surface area contributed by atoms with Gasteiger partial charge in [-0.2, -0.15) is 13.2 Å². The molecular formula is C13H18FN5O2S. The van der Waals surface area contributed by atoms with E-state index in [0.29, 0.717) is 12.4 Å². The smallest absolute Gasteiger partial charge is 0.288 e. The van der Waals surface area contributed by atoms with Crippen molar-refractivity contribution in [1.29, 1.82) is 0 Å². The zero-order chi connectivity index (χ0) is 16.2. The Morgan fingerprint density at radius 1 is 1.32 bits per heavy atom. The van der Waals surface area contributed by atoms with Crippen molar-refractivity contribution < 1.29 is 12.3 Å². The van der Waals surface area contributed by atoms with Gasteiger partial charge >= 0.3 is 10.2 Å². The summed E-state index contributed by atoms with van der Waals surface area (Å²) < 4.78 is 34.5. The Balaban J connectivity index is 2.16. The van der Waals surface area contributed by atoms with Gasteiger partial charge in [0.05, 0.1) is 19.3 Å². The van der Waals surface area contributed by atoms with Crippen LogP contribution >= 0.6 is 0 Å². The molecule has 0 N–H and O–H groups in total. The lowest BCUT2D eigenvalue weighted by Crippen LogP contribution is -2.31. The van der Waals surface area contributed by atoms with Crippen LogP contribution in [0.5, 0.6) is 0 Å². The SMILES string of the molecule is CC(c1ccccc1)N(CCS(=O)(=O)F)Cc1nnn(C)n1. The van der Waals surface area contributed by atoms with E-state index in [0.717, 1.165) is 5.56 Å². The van der Waals surface area contributed by atoms with Crippen molar-refractivity contribution >= 4 is 10.2 Å². The third-order valence-electron chi connectivity index (χ3n) is 3.35. The first kappa shape index (κ1) is 16.5. The summed E-state index contributed by atoms with van der Waals surface area (Å²) in [5.74, 6) is -0.105. The van der Waals surface area contributed by atoms with Gasteiger partial charge in [0.15, 0.2) is 5.82 Å². The number of aryl methyl sites for hydroxylation is 1. The summed E-state index contributed by atoms with van der Waals surface area (Å²) in [5, 5.41) is 11.7. The highest BCUT2D eigenvalue weighted by atomic mass is 32.3. The van der Waals surface area contributed by atoms with Crippen molar-refractivity contribution in [3.63, 3.8) is 0 Å². The maximum atomic E-state index is 12.9. The van der Waals surface area contributed by atoms with Gasteiger partial charge in [-0.25, -0.2) is 0 Å². The molecule has 0 aliphatic rings. The largest absolute Gasteiger partial charge is 0.303 e. The average molecular weight is 327 g/mol. The Hall–Kier alpha value is -1.87. The Bertz CT molecular complexity index is 704. The van der Waals surface area contributed by atoms with E-state index < -0.39 is 16.0 Å². The molecule has 0 saturated carbocycles. The number of rotatable bonds is 7. The molecular weight excluding hydrogens is 309 g/mol. The fourth-order valence-electron chi connectivity index (χ4n) is 2.15. The van der Waals surface area contributed by atoms with Gasteiger partial charge in [-0.05, 0) is 17.7 Å². The zero-order valence-corrected chi connectivity index (χ0v) is 13.2. The van der Waals surface area contributed by atoms with Gasteiger partial charge in [-0.15, -0.1) is 14.1 Å². The summed E-state index contributed by atoms with van der Waals surface area (Å²) in [7, 11) is -2.88. The fourth-order valence-corrected chi connectivity index (χ4v) is 2.60. The van der Waals surface area contributed by atoms with Gasteiger partial charge < -0.3 is 0 Å². The van der Waals surface area contributed by atoms with E-state index in [2.05, 4.69) is 15.4 Å². The van der Waals surface area contributed by atoms with Crippen LogP contribution in [0.2, 0.25) is 0 Å². The third kappa shape index (κ3) is 4.85. The highest BCUT2D eigenvalue weighted by Gasteiger charge is 2.20. The molecule has 0 radical (unpaired) electrons. The van der Waals surface area contributed by atoms with Crippen molar-refractivity contribution in [3.05, 3.63) is 41.7 Å². The predicted octanol–water partition coefficient (Wildman–Crippen LogP) is 1.07. The normalized spacial score (nSPS) is 13.5. The molecule has 2 rings (SSSR count). The molecule has 7 nitrogen and oxygen atoms in total. The zero-order valence-electron chi connectivity index (χ0n) is 12.4. The summed E-state index contributed by atoms with van der Waals surface area (Å²) in [4.78, 5) is 3.13. The minimum atomic E-state index is -4.53. The van der Waals surface area contributed by atoms with Gasteiger partial charge in [0.1, 0.15) is 0 Å². The number of nitrogens with zero attached hydrogens (tertiary/aromatic N) is 5. The Kier molecular flexibility index (Phi) is 5.19. The van der Waals surface area contributed by atoms with E-state index in [4.69, 9.17) is 0 Å². The standard InChI is InChI=1S/C13H18FN5O2S/c1-11(12-6-4-3-5-7-12)19(8-9-22(14,20)21)10-13-15-17-18(2)16-13/h3-7,11H,8-10H2,1-2H3. The van der Waals surface area contributed by atoms with Crippen molar-refractivity contribution in [2.24, 2.45) is 7.05 Å². The number of benzene rings is 1. The van der Waals surface area contributed by atoms with Crippen molar-refractivity contribution in [2.45, 2.75) is 19.5 Å². The third-order valence-corrected chi connectivity index (χ3v) is 4.02. The van der Waals surface area contributed by atoms with Crippen LogP contribution in [0.3, 0.4) is 0 Å². The van der Waals surface area contributed by atoms with E-state index in [9.17, 15) is 12.3 Å². The van der Waals surface area contributed by atoms with Crippen LogP contribution in [-0.4, -0.2) is 45.8 Å². The molecule has 1 unspecified atom stereocenters. The molecule has 0 bridgehead atoms. The number of hydrogen-bond donors (Lipinski definition) is 0. The summed E-state index contributed by atoms with van der Waals surface area (Å²) in [6.45, 7) is 2.27. The minimum absolute atomic E-state index is 0.0488. The second-order valence-electron chi connectivity index (χ2n) is 5.00. The van der Waals surface area contributed by atoms with E-state index in [1.807, 2.05) is 42.2 Å². The summed E-state index contributed by atoms with van der Waals surface area (Å²) in [6.07, 6.45) is 0. The molecule has 0 fully saturated rings. The quantitative estimate of drug-likeness (QED) is 0.708. The maximum absolute atomic E-state index is 12.9. The Labute approximate surface area is 129 Å². The van der Waals surface area contributed by atoms with Gasteiger partial charge in [0.2, 0.25) is 0 Å². The van der Waals surface area contributed by atoms with Crippen LogP contribution < -0.4 is 0 Å². The lowest BCUT2D eigenvalue weighted by atomic mass is 10.1. The molecule has 0 aliphatic heterocycles. The van der Waals surface area contributed by atoms with E-state index >= 15 is 0 Å². The molecule has 9 heteroatoms. The lowest BCUT2D eigenvalue weighted by Gasteiger charge is -2.27. The monoisotopic (exact) mass is 327 g/mol. The first-order chi connectivity index (χ1) is 10.3. The Morgan fingerprint density at radius 3 is 2.55 bits per heavy atom. The predicted molar refractivity (Wildman–Crippen MR) is 79.0 cm³/mol. The molecule has 1 aromatic heterocycles. The van der Waals surface area contributed by atoms with Crippen LogP contribution in [0.25, 0.3) is 0 Å². The summed E-state index contributed by atoms with van der Waals surface area (Å²) >= 11 is 0. The number of tetrazole rings is 1. The summed E-state index contributed by atoms with van der Waals surface area (Å²) in [5.41, 5.74) is 1.00. The van der Waals surface area contributed by atoms with Crippen molar-refractivity contribution in [2.75, 3.05) is 12.3 Å². The molecule has 0 aliphatic carbocycles. The van der Waals surface area contributed by atoms with Crippen molar-refractivity contribution in [1.82, 2.24) is 25.1 Å². The first-order valence-electron chi connectivity index (χ1n) is 6.79. The lowest BCUT2D eigenvalue weighted by molar-refractivity contribution is 0.208. The van der Waals surface area contributed by atoms with Crippen molar-refractivity contribution in [3.8, 4) is 0 Å². The van der Waals surface area contributed by atoms with Crippen LogP contribution in [0.15, 0.2) is 30.3 Å². The molecule has 120 valence electrons. The molecule has 2 aromatic rings. The molecule has 1 aromatic carbocycles. The van der Waals surface area contributed by atoms with Gasteiger partial charge in [0.25, 0.3) is 0 Å². The van der Waals surface area contributed by atoms with E-state index in [-0.39, 0.29) is 12.6 Å². The van der Waals surface area contributed by atoms with Gasteiger partial charge in [-0.1, -0.05) is 30.3 Å². The molecule has 0 amide bonds. The first-order valence-corrected chi connectivity index (χ1v) is 8.34. The van der Waals surface area contributed by atoms with Crippen LogP contribution in [0.4, 0.5) is 3.89 Å². The average Bonchev–Trinajstić information content (AvgIpc) is 2.88. The number of aromatic nitrogens is 4. The van der Waals surface area contributed by atoms with E-state index in [1.165, 1.54) is 4.80 Å². The highest BCUT2D eigenvalue weighted by molar-refractivity contribution is 7.86. The molecule has 0 saturated heterocycles. The molecule has 0 spiro atoms. The van der Waals surface area contributed by atoms with Gasteiger partial charge in [-0.3, -0.25) is 4.90 Å². The molecule has 1 atom stereocenters. The summed E-state index contributed by atoms with van der Waals surface area (Å²) in [6, 6.07) is 9.47. The van der Waals surface area contributed by atoms with Crippen LogP contribution in [-0.2, 0) is 23.8 Å². The number of hydrogen-bond acceptors (Lipinski definition) is 6. The minimum Gasteiger partial charge on any atom is -0.288 e. The van der Waals surface area contributed by atoms with Crippen LogP contribution in [0, 0.1) is 0 Å².